The largest absolute Gasteiger partial charge is 0.321 e. The molecule has 1 aromatic rings. The Labute approximate surface area is 120 Å². The summed E-state index contributed by atoms with van der Waals surface area (Å²) in [4.78, 5) is 11.2. The summed E-state index contributed by atoms with van der Waals surface area (Å²) in [5, 5.41) is 2.12. The van der Waals surface area contributed by atoms with Crippen LogP contribution in [0.5, 0.6) is 0 Å². The van der Waals surface area contributed by atoms with Gasteiger partial charge < -0.3 is 5.32 Å². The third-order valence-corrected chi connectivity index (χ3v) is 4.37. The summed E-state index contributed by atoms with van der Waals surface area (Å²) in [7, 11) is 0.761. The fourth-order valence-corrected chi connectivity index (χ4v) is 2.01. The number of hydrogen-bond acceptors (Lipinski definition) is 3. The Hall–Kier alpha value is -1.21. The summed E-state index contributed by atoms with van der Waals surface area (Å²) < 4.78 is 49.5. The summed E-state index contributed by atoms with van der Waals surface area (Å²) in [5.74, 6) is -2.98. The molecule has 0 atom stereocenters. The molecule has 0 bridgehead atoms. The first-order valence-corrected chi connectivity index (χ1v) is 8.05. The normalized spacial score (nSPS) is 12.3. The van der Waals surface area contributed by atoms with Gasteiger partial charge in [-0.25, -0.2) is 17.2 Å². The fourth-order valence-electron chi connectivity index (χ4n) is 1.25. The number of carbonyl (C=O) groups excluding carboxylic acids is 1. The van der Waals surface area contributed by atoms with E-state index in [1.54, 1.807) is 20.8 Å². The molecule has 8 heteroatoms. The van der Waals surface area contributed by atoms with Crippen LogP contribution in [-0.2, 0) is 13.8 Å². The lowest BCUT2D eigenvalue weighted by Crippen LogP contribution is -2.30. The van der Waals surface area contributed by atoms with Crippen molar-refractivity contribution in [2.75, 3.05) is 5.32 Å². The topological polar surface area (TPSA) is 63.2 Å². The smallest absolute Gasteiger partial charge is 0.261 e. The molecule has 0 saturated carbocycles. The summed E-state index contributed by atoms with van der Waals surface area (Å²) in [6.07, 6.45) is 0.468. The van der Waals surface area contributed by atoms with Crippen LogP contribution in [0.4, 0.5) is 14.5 Å². The quantitative estimate of drug-likeness (QED) is 0.864. The number of nitrogens with one attached hydrogen (secondary N) is 1. The number of anilines is 1. The number of hydrogen-bond donors (Lipinski definition) is 1. The molecular formula is C12H14ClF2NO3S. The Morgan fingerprint density at radius 2 is 1.75 bits per heavy atom. The average molecular weight is 326 g/mol. The van der Waals surface area contributed by atoms with E-state index in [2.05, 4.69) is 5.32 Å². The Morgan fingerprint density at radius 3 is 2.10 bits per heavy atom. The van der Waals surface area contributed by atoms with Crippen molar-refractivity contribution >= 4 is 31.3 Å². The fraction of sp³-hybridized carbons (Fsp3) is 0.417. The second kappa shape index (κ2) is 5.65. The molecule has 0 radical (unpaired) electrons. The van der Waals surface area contributed by atoms with Gasteiger partial charge in [-0.05, 0) is 18.6 Å². The van der Waals surface area contributed by atoms with E-state index in [1.807, 2.05) is 0 Å². The minimum Gasteiger partial charge on any atom is -0.321 e. The standard InChI is InChI=1S/C12H14ClF2NO3S/c1-4-12(2,3)11(17)16-10-8(14)5-7(6-9(10)15)20(13,18)19/h5-6H,4H2,1-3H3,(H,16,17). The maximum Gasteiger partial charge on any atom is 0.261 e. The molecule has 1 rings (SSSR count). The molecule has 0 aliphatic rings. The number of amides is 1. The molecule has 0 spiro atoms. The third kappa shape index (κ3) is 3.67. The van der Waals surface area contributed by atoms with Gasteiger partial charge in [-0.3, -0.25) is 4.79 Å². The van der Waals surface area contributed by atoms with Gasteiger partial charge in [0.2, 0.25) is 5.91 Å². The number of carbonyl (C=O) groups is 1. The van der Waals surface area contributed by atoms with Gasteiger partial charge in [0, 0.05) is 16.1 Å². The highest BCUT2D eigenvalue weighted by Crippen LogP contribution is 2.28. The lowest BCUT2D eigenvalue weighted by atomic mass is 9.89. The molecule has 0 unspecified atom stereocenters. The Kier molecular flexibility index (Phi) is 4.76. The zero-order valence-electron chi connectivity index (χ0n) is 11.1. The van der Waals surface area contributed by atoms with Gasteiger partial charge in [0.05, 0.1) is 4.90 Å². The average Bonchev–Trinajstić information content (AvgIpc) is 2.31. The first-order chi connectivity index (χ1) is 8.99. The monoisotopic (exact) mass is 325 g/mol. The summed E-state index contributed by atoms with van der Waals surface area (Å²) in [6.45, 7) is 5.00. The van der Waals surface area contributed by atoms with Crippen molar-refractivity contribution in [1.29, 1.82) is 0 Å². The molecule has 0 aliphatic carbocycles. The van der Waals surface area contributed by atoms with E-state index in [-0.39, 0.29) is 0 Å². The van der Waals surface area contributed by atoms with Gasteiger partial charge in [0.1, 0.15) is 5.69 Å². The molecule has 1 amide bonds. The van der Waals surface area contributed by atoms with Crippen molar-refractivity contribution < 1.29 is 22.0 Å². The highest BCUT2D eigenvalue weighted by Gasteiger charge is 2.28. The predicted octanol–water partition coefficient (Wildman–Crippen LogP) is 3.27. The molecule has 1 N–H and O–H groups in total. The van der Waals surface area contributed by atoms with Gasteiger partial charge >= 0.3 is 0 Å². The highest BCUT2D eigenvalue weighted by molar-refractivity contribution is 8.13. The first kappa shape index (κ1) is 16.8. The van der Waals surface area contributed by atoms with Crippen LogP contribution in [0.1, 0.15) is 27.2 Å². The van der Waals surface area contributed by atoms with Crippen LogP contribution in [0, 0.1) is 17.0 Å². The second-order valence-corrected chi connectivity index (χ2v) is 7.46. The minimum atomic E-state index is -4.25. The zero-order chi connectivity index (χ0) is 15.7. The maximum absolute atomic E-state index is 13.7. The minimum absolute atomic E-state index is 0.468. The molecule has 1 aromatic carbocycles. The van der Waals surface area contributed by atoms with E-state index >= 15 is 0 Å². The Bertz CT molecular complexity index is 621. The van der Waals surface area contributed by atoms with Crippen LogP contribution in [0.3, 0.4) is 0 Å². The third-order valence-electron chi connectivity index (χ3n) is 3.03. The lowest BCUT2D eigenvalue weighted by Gasteiger charge is -2.21. The van der Waals surface area contributed by atoms with E-state index < -0.39 is 42.6 Å². The number of halogens is 3. The molecule has 0 saturated heterocycles. The van der Waals surface area contributed by atoms with Crippen LogP contribution in [0.25, 0.3) is 0 Å². The van der Waals surface area contributed by atoms with Gasteiger partial charge in [0.15, 0.2) is 11.6 Å². The Balaban J connectivity index is 3.20. The molecule has 0 fully saturated rings. The number of benzene rings is 1. The first-order valence-electron chi connectivity index (χ1n) is 5.74. The molecule has 112 valence electrons. The molecule has 0 aliphatic heterocycles. The van der Waals surface area contributed by atoms with Crippen LogP contribution in [0.15, 0.2) is 17.0 Å². The van der Waals surface area contributed by atoms with Crippen molar-refractivity contribution in [2.45, 2.75) is 32.1 Å². The van der Waals surface area contributed by atoms with Crippen molar-refractivity contribution in [3.63, 3.8) is 0 Å². The van der Waals surface area contributed by atoms with Gasteiger partial charge in [-0.2, -0.15) is 0 Å². The predicted molar refractivity (Wildman–Crippen MR) is 72.1 cm³/mol. The van der Waals surface area contributed by atoms with Gasteiger partial charge in [-0.1, -0.05) is 20.8 Å². The molecule has 0 aromatic heterocycles. The van der Waals surface area contributed by atoms with Crippen molar-refractivity contribution in [3.8, 4) is 0 Å². The lowest BCUT2D eigenvalue weighted by molar-refractivity contribution is -0.124. The van der Waals surface area contributed by atoms with Crippen LogP contribution in [0.2, 0.25) is 0 Å². The van der Waals surface area contributed by atoms with E-state index in [1.165, 1.54) is 0 Å². The molecule has 0 heterocycles. The van der Waals surface area contributed by atoms with E-state index in [0.29, 0.717) is 18.6 Å². The summed E-state index contributed by atoms with van der Waals surface area (Å²) in [5.41, 5.74) is -1.50. The van der Waals surface area contributed by atoms with Crippen LogP contribution in [-0.4, -0.2) is 14.3 Å². The Morgan fingerprint density at radius 1 is 1.30 bits per heavy atom. The van der Waals surface area contributed by atoms with Crippen molar-refractivity contribution in [3.05, 3.63) is 23.8 Å². The van der Waals surface area contributed by atoms with Crippen LogP contribution >= 0.6 is 10.7 Å². The van der Waals surface area contributed by atoms with Crippen molar-refractivity contribution in [1.82, 2.24) is 0 Å². The van der Waals surface area contributed by atoms with E-state index in [4.69, 9.17) is 10.7 Å². The molecular weight excluding hydrogens is 312 g/mol. The molecule has 20 heavy (non-hydrogen) atoms. The van der Waals surface area contributed by atoms with Gasteiger partial charge in [0.25, 0.3) is 9.05 Å². The number of rotatable bonds is 4. The molecule has 4 nitrogen and oxygen atoms in total. The van der Waals surface area contributed by atoms with E-state index in [0.717, 1.165) is 0 Å². The van der Waals surface area contributed by atoms with Crippen LogP contribution < -0.4 is 5.32 Å². The van der Waals surface area contributed by atoms with E-state index in [9.17, 15) is 22.0 Å². The maximum atomic E-state index is 13.7. The summed E-state index contributed by atoms with van der Waals surface area (Å²) in [6, 6.07) is 1.11. The van der Waals surface area contributed by atoms with Crippen molar-refractivity contribution in [2.24, 2.45) is 5.41 Å². The SMILES string of the molecule is CCC(C)(C)C(=O)Nc1c(F)cc(S(=O)(=O)Cl)cc1F. The zero-order valence-corrected chi connectivity index (χ0v) is 12.7. The summed E-state index contributed by atoms with van der Waals surface area (Å²) >= 11 is 0. The highest BCUT2D eigenvalue weighted by atomic mass is 35.7. The second-order valence-electron chi connectivity index (χ2n) is 4.89. The van der Waals surface area contributed by atoms with Gasteiger partial charge in [-0.15, -0.1) is 0 Å².